The molecular weight excluding hydrogens is 428 g/mol. The lowest BCUT2D eigenvalue weighted by molar-refractivity contribution is 0.415. The van der Waals surface area contributed by atoms with Crippen LogP contribution in [0.5, 0.6) is 5.75 Å². The van der Waals surface area contributed by atoms with Crippen LogP contribution in [0.2, 0.25) is 10.0 Å². The highest BCUT2D eigenvalue weighted by molar-refractivity contribution is 6.33. The molecule has 0 aliphatic heterocycles. The predicted octanol–water partition coefficient (Wildman–Crippen LogP) is 6.39. The fourth-order valence-electron chi connectivity index (χ4n) is 2.99. The molecule has 4 rings (SSSR count). The summed E-state index contributed by atoms with van der Waals surface area (Å²) in [4.78, 5) is 0. The summed E-state index contributed by atoms with van der Waals surface area (Å²) < 4.78 is 24.9. The molecule has 0 unspecified atom stereocenters. The summed E-state index contributed by atoms with van der Waals surface area (Å²) in [5.74, 6) is 0.790. The van der Waals surface area contributed by atoms with Crippen molar-refractivity contribution in [3.8, 4) is 17.2 Å². The van der Waals surface area contributed by atoms with Gasteiger partial charge >= 0.3 is 0 Å². The molecule has 0 fully saturated rings. The van der Waals surface area contributed by atoms with Crippen LogP contribution in [0.15, 0.2) is 71.1 Å². The molecule has 1 atom stereocenters. The molecule has 0 amide bonds. The van der Waals surface area contributed by atoms with E-state index in [2.05, 4.69) is 15.5 Å². The van der Waals surface area contributed by atoms with Gasteiger partial charge in [-0.2, -0.15) is 0 Å². The fourth-order valence-corrected chi connectivity index (χ4v) is 3.37. The summed E-state index contributed by atoms with van der Waals surface area (Å²) in [5, 5.41) is 12.7. The molecule has 1 heterocycles. The number of rotatable bonds is 6. The van der Waals surface area contributed by atoms with E-state index < -0.39 is 6.04 Å². The van der Waals surface area contributed by atoms with Gasteiger partial charge in [0.15, 0.2) is 0 Å². The largest absolute Gasteiger partial charge is 0.495 e. The van der Waals surface area contributed by atoms with E-state index in [4.69, 9.17) is 32.4 Å². The normalized spacial score (nSPS) is 11.9. The van der Waals surface area contributed by atoms with Crippen molar-refractivity contribution in [1.29, 1.82) is 0 Å². The van der Waals surface area contributed by atoms with Gasteiger partial charge in [-0.3, -0.25) is 0 Å². The van der Waals surface area contributed by atoms with Crippen molar-refractivity contribution in [2.75, 3.05) is 12.4 Å². The van der Waals surface area contributed by atoms with Crippen LogP contribution in [0.25, 0.3) is 11.5 Å². The zero-order chi connectivity index (χ0) is 21.1. The number of benzene rings is 3. The Kier molecular flexibility index (Phi) is 5.88. The molecule has 1 N–H and O–H groups in total. The maximum absolute atomic E-state index is 13.5. The van der Waals surface area contributed by atoms with E-state index in [1.165, 1.54) is 12.1 Å². The third-order valence-corrected chi connectivity index (χ3v) is 5.02. The number of aromatic nitrogens is 2. The molecule has 0 saturated heterocycles. The number of halogens is 3. The number of methoxy groups -OCH3 is 1. The van der Waals surface area contributed by atoms with Crippen molar-refractivity contribution in [3.05, 3.63) is 94.0 Å². The average Bonchev–Trinajstić information content (AvgIpc) is 3.23. The van der Waals surface area contributed by atoms with Crippen LogP contribution in [0.4, 0.5) is 10.1 Å². The van der Waals surface area contributed by atoms with E-state index in [1.54, 1.807) is 49.6 Å². The van der Waals surface area contributed by atoms with E-state index >= 15 is 0 Å². The Labute approximate surface area is 182 Å². The Morgan fingerprint density at radius 3 is 2.50 bits per heavy atom. The molecular formula is C22H16Cl2FN3O2. The molecule has 3 aromatic carbocycles. The third-order valence-electron chi connectivity index (χ3n) is 4.46. The monoisotopic (exact) mass is 443 g/mol. The maximum atomic E-state index is 13.5. The highest BCUT2D eigenvalue weighted by Gasteiger charge is 2.23. The first kappa shape index (κ1) is 20.2. The minimum Gasteiger partial charge on any atom is -0.495 e. The first-order chi connectivity index (χ1) is 14.5. The van der Waals surface area contributed by atoms with Crippen LogP contribution < -0.4 is 10.1 Å². The van der Waals surface area contributed by atoms with E-state index in [-0.39, 0.29) is 17.6 Å². The highest BCUT2D eigenvalue weighted by Crippen LogP contribution is 2.35. The van der Waals surface area contributed by atoms with Gasteiger partial charge < -0.3 is 14.5 Å². The molecule has 0 aliphatic carbocycles. The average molecular weight is 444 g/mol. The maximum Gasteiger partial charge on any atom is 0.249 e. The topological polar surface area (TPSA) is 60.2 Å². The van der Waals surface area contributed by atoms with Gasteiger partial charge in [-0.1, -0.05) is 47.5 Å². The number of nitrogens with zero attached hydrogens (tertiary/aromatic N) is 2. The number of nitrogens with one attached hydrogen (secondary N) is 1. The minimum atomic E-state index is -0.582. The zero-order valence-corrected chi connectivity index (χ0v) is 17.3. The van der Waals surface area contributed by atoms with Crippen molar-refractivity contribution in [2.45, 2.75) is 6.04 Å². The van der Waals surface area contributed by atoms with Gasteiger partial charge in [0.05, 0.1) is 23.4 Å². The van der Waals surface area contributed by atoms with Crippen LogP contribution in [0.1, 0.15) is 17.5 Å². The first-order valence-corrected chi connectivity index (χ1v) is 9.74. The standard InChI is InChI=1S/C22H16Cl2FN3O2/c1-29-19-11-8-14(23)12-18(19)26-20(13-6-9-15(25)10-7-13)22-28-27-21(30-22)16-4-2-3-5-17(16)24/h2-12,20,26H,1H3/t20-/m1/s1. The molecule has 8 heteroatoms. The van der Waals surface area contributed by atoms with Crippen molar-refractivity contribution in [2.24, 2.45) is 0 Å². The summed E-state index contributed by atoms with van der Waals surface area (Å²) in [6, 6.07) is 17.8. The van der Waals surface area contributed by atoms with E-state index in [1.807, 2.05) is 12.1 Å². The highest BCUT2D eigenvalue weighted by atomic mass is 35.5. The fraction of sp³-hybridized carbons (Fsp3) is 0.0909. The summed E-state index contributed by atoms with van der Waals surface area (Å²) in [5.41, 5.74) is 1.96. The van der Waals surface area contributed by atoms with Crippen LogP contribution in [0.3, 0.4) is 0 Å². The van der Waals surface area contributed by atoms with Gasteiger partial charge in [0.2, 0.25) is 11.8 Å². The molecule has 4 aromatic rings. The molecule has 1 aromatic heterocycles. The summed E-state index contributed by atoms with van der Waals surface area (Å²) in [6.45, 7) is 0. The summed E-state index contributed by atoms with van der Waals surface area (Å²) >= 11 is 12.4. The smallest absolute Gasteiger partial charge is 0.249 e. The molecule has 152 valence electrons. The van der Waals surface area contributed by atoms with E-state index in [9.17, 15) is 4.39 Å². The Morgan fingerprint density at radius 2 is 1.77 bits per heavy atom. The second-order valence-electron chi connectivity index (χ2n) is 6.40. The van der Waals surface area contributed by atoms with Gasteiger partial charge in [0, 0.05) is 5.02 Å². The number of ether oxygens (including phenoxy) is 1. The Hall–Kier alpha value is -3.09. The Balaban J connectivity index is 1.76. The van der Waals surface area contributed by atoms with Crippen molar-refractivity contribution < 1.29 is 13.5 Å². The number of hydrogen-bond acceptors (Lipinski definition) is 5. The Bertz CT molecular complexity index is 1170. The first-order valence-electron chi connectivity index (χ1n) is 8.99. The molecule has 5 nitrogen and oxygen atoms in total. The second kappa shape index (κ2) is 8.73. The molecule has 0 radical (unpaired) electrons. The number of hydrogen-bond donors (Lipinski definition) is 1. The number of anilines is 1. The zero-order valence-electron chi connectivity index (χ0n) is 15.8. The second-order valence-corrected chi connectivity index (χ2v) is 7.24. The Morgan fingerprint density at radius 1 is 1.00 bits per heavy atom. The van der Waals surface area contributed by atoms with Gasteiger partial charge in [0.1, 0.15) is 17.6 Å². The lowest BCUT2D eigenvalue weighted by Gasteiger charge is -2.19. The van der Waals surface area contributed by atoms with Gasteiger partial charge in [-0.05, 0) is 48.0 Å². The van der Waals surface area contributed by atoms with Crippen LogP contribution in [-0.4, -0.2) is 17.3 Å². The molecule has 0 bridgehead atoms. The van der Waals surface area contributed by atoms with E-state index in [0.29, 0.717) is 32.6 Å². The molecule has 30 heavy (non-hydrogen) atoms. The molecule has 0 aliphatic rings. The van der Waals surface area contributed by atoms with Crippen LogP contribution in [-0.2, 0) is 0 Å². The van der Waals surface area contributed by atoms with Gasteiger partial charge in [0.25, 0.3) is 0 Å². The van der Waals surface area contributed by atoms with Crippen LogP contribution >= 0.6 is 23.2 Å². The van der Waals surface area contributed by atoms with Crippen molar-refractivity contribution >= 4 is 28.9 Å². The molecule has 0 saturated carbocycles. The van der Waals surface area contributed by atoms with Gasteiger partial charge in [-0.25, -0.2) is 4.39 Å². The predicted molar refractivity (Wildman–Crippen MR) is 115 cm³/mol. The van der Waals surface area contributed by atoms with Crippen molar-refractivity contribution in [3.63, 3.8) is 0 Å². The quantitative estimate of drug-likeness (QED) is 0.373. The van der Waals surface area contributed by atoms with Gasteiger partial charge in [-0.15, -0.1) is 10.2 Å². The van der Waals surface area contributed by atoms with Crippen LogP contribution in [0, 0.1) is 5.82 Å². The SMILES string of the molecule is COc1ccc(Cl)cc1N[C@H](c1ccc(F)cc1)c1nnc(-c2ccccc2Cl)o1. The minimum absolute atomic E-state index is 0.276. The third kappa shape index (κ3) is 4.25. The van der Waals surface area contributed by atoms with Crippen molar-refractivity contribution in [1.82, 2.24) is 10.2 Å². The van der Waals surface area contributed by atoms with E-state index in [0.717, 1.165) is 0 Å². The molecule has 0 spiro atoms. The lowest BCUT2D eigenvalue weighted by Crippen LogP contribution is -2.13. The summed E-state index contributed by atoms with van der Waals surface area (Å²) in [6.07, 6.45) is 0. The lowest BCUT2D eigenvalue weighted by atomic mass is 10.1. The summed E-state index contributed by atoms with van der Waals surface area (Å²) in [7, 11) is 1.56.